The van der Waals surface area contributed by atoms with Crippen LogP contribution in [0.4, 0.5) is 5.69 Å². The van der Waals surface area contributed by atoms with Gasteiger partial charge in [-0.15, -0.1) is 0 Å². The predicted molar refractivity (Wildman–Crippen MR) is 86.1 cm³/mol. The summed E-state index contributed by atoms with van der Waals surface area (Å²) < 4.78 is 1.03. The lowest BCUT2D eigenvalue weighted by Gasteiger charge is -2.12. The highest BCUT2D eigenvalue weighted by molar-refractivity contribution is 14.1. The molecule has 1 aromatic heterocycles. The SMILES string of the molecule is CN(C)CCCNc1cc(I)nc2ccccc12. The van der Waals surface area contributed by atoms with Gasteiger partial charge in [-0.1, -0.05) is 18.2 Å². The van der Waals surface area contributed by atoms with E-state index in [1.165, 1.54) is 11.1 Å². The summed E-state index contributed by atoms with van der Waals surface area (Å²) in [7, 11) is 4.20. The van der Waals surface area contributed by atoms with Crippen LogP contribution >= 0.6 is 22.6 Å². The molecule has 0 atom stereocenters. The Bertz CT molecular complexity index is 525. The van der Waals surface area contributed by atoms with Crippen LogP contribution in [-0.2, 0) is 0 Å². The first-order valence-electron chi connectivity index (χ1n) is 6.11. The van der Waals surface area contributed by atoms with E-state index in [0.717, 1.165) is 28.7 Å². The first-order chi connectivity index (χ1) is 8.66. The summed E-state index contributed by atoms with van der Waals surface area (Å²) in [5.41, 5.74) is 2.24. The number of rotatable bonds is 5. The van der Waals surface area contributed by atoms with Crippen molar-refractivity contribution in [1.82, 2.24) is 9.88 Å². The lowest BCUT2D eigenvalue weighted by atomic mass is 10.2. The largest absolute Gasteiger partial charge is 0.384 e. The topological polar surface area (TPSA) is 28.2 Å². The zero-order valence-corrected chi connectivity index (χ0v) is 12.9. The maximum absolute atomic E-state index is 4.53. The number of pyridine rings is 1. The van der Waals surface area contributed by atoms with Crippen LogP contribution in [0.5, 0.6) is 0 Å². The van der Waals surface area contributed by atoms with Crippen LogP contribution in [0.2, 0.25) is 0 Å². The Morgan fingerprint density at radius 3 is 2.83 bits per heavy atom. The van der Waals surface area contributed by atoms with Gasteiger partial charge in [0.1, 0.15) is 3.70 Å². The summed E-state index contributed by atoms with van der Waals surface area (Å²) in [6.07, 6.45) is 1.14. The second kappa shape index (κ2) is 6.33. The van der Waals surface area contributed by atoms with Crippen molar-refractivity contribution in [2.75, 3.05) is 32.5 Å². The molecule has 0 saturated carbocycles. The molecule has 1 heterocycles. The number of nitrogens with zero attached hydrogens (tertiary/aromatic N) is 2. The molecule has 3 nitrogen and oxygen atoms in total. The molecule has 0 radical (unpaired) electrons. The molecule has 0 aliphatic rings. The second-order valence-corrected chi connectivity index (χ2v) is 5.70. The molecule has 0 amide bonds. The normalized spacial score (nSPS) is 11.1. The van der Waals surface area contributed by atoms with Gasteiger partial charge in [0.25, 0.3) is 0 Å². The molecule has 2 aromatic rings. The summed E-state index contributed by atoms with van der Waals surface area (Å²) in [6, 6.07) is 10.4. The monoisotopic (exact) mass is 355 g/mol. The molecular weight excluding hydrogens is 337 g/mol. The molecule has 2 rings (SSSR count). The minimum atomic E-state index is 0.988. The number of para-hydroxylation sites is 1. The molecule has 1 aromatic carbocycles. The van der Waals surface area contributed by atoms with Crippen LogP contribution in [-0.4, -0.2) is 37.1 Å². The van der Waals surface area contributed by atoms with E-state index in [1.54, 1.807) is 0 Å². The van der Waals surface area contributed by atoms with Crippen LogP contribution < -0.4 is 5.32 Å². The number of fused-ring (bicyclic) bond motifs is 1. The maximum atomic E-state index is 4.53. The summed E-state index contributed by atoms with van der Waals surface area (Å²) in [5, 5.41) is 4.71. The molecule has 0 aliphatic heterocycles. The molecule has 18 heavy (non-hydrogen) atoms. The van der Waals surface area contributed by atoms with E-state index in [1.807, 2.05) is 6.07 Å². The van der Waals surface area contributed by atoms with E-state index in [-0.39, 0.29) is 0 Å². The Labute approximate surface area is 122 Å². The van der Waals surface area contributed by atoms with Crippen molar-refractivity contribution < 1.29 is 0 Å². The van der Waals surface area contributed by atoms with Gasteiger partial charge in [0.05, 0.1) is 5.52 Å². The smallest absolute Gasteiger partial charge is 0.104 e. The molecule has 0 saturated heterocycles. The van der Waals surface area contributed by atoms with E-state index in [4.69, 9.17) is 0 Å². The van der Waals surface area contributed by atoms with Crippen molar-refractivity contribution in [2.45, 2.75) is 6.42 Å². The minimum Gasteiger partial charge on any atom is -0.384 e. The van der Waals surface area contributed by atoms with Gasteiger partial charge in [-0.05, 0) is 61.8 Å². The fourth-order valence-corrected chi connectivity index (χ4v) is 2.48. The summed E-state index contributed by atoms with van der Waals surface area (Å²) in [5.74, 6) is 0. The Kier molecular flexibility index (Phi) is 4.77. The lowest BCUT2D eigenvalue weighted by molar-refractivity contribution is 0.405. The number of anilines is 1. The molecule has 96 valence electrons. The Hall–Kier alpha value is -0.880. The third-order valence-corrected chi connectivity index (χ3v) is 3.34. The molecule has 0 fully saturated rings. The summed E-state index contributed by atoms with van der Waals surface area (Å²) in [4.78, 5) is 6.74. The zero-order chi connectivity index (χ0) is 13.0. The van der Waals surface area contributed by atoms with E-state index < -0.39 is 0 Å². The standard InChI is InChI=1S/C14H18IN3/c1-18(2)9-5-8-16-13-10-14(15)17-12-7-4-3-6-11(12)13/h3-4,6-7,10H,5,8-9H2,1-2H3,(H,16,17). The van der Waals surface area contributed by atoms with E-state index in [9.17, 15) is 0 Å². The molecule has 0 unspecified atom stereocenters. The van der Waals surface area contributed by atoms with Gasteiger partial charge in [-0.2, -0.15) is 0 Å². The summed E-state index contributed by atoms with van der Waals surface area (Å²) >= 11 is 2.27. The van der Waals surface area contributed by atoms with Crippen LogP contribution in [0, 0.1) is 3.70 Å². The number of hydrogen-bond donors (Lipinski definition) is 1. The second-order valence-electron chi connectivity index (χ2n) is 4.59. The van der Waals surface area contributed by atoms with Crippen LogP contribution in [0.25, 0.3) is 10.9 Å². The number of aromatic nitrogens is 1. The third kappa shape index (κ3) is 3.55. The van der Waals surface area contributed by atoms with Gasteiger partial charge in [-0.25, -0.2) is 4.98 Å². The summed E-state index contributed by atoms with van der Waals surface area (Å²) in [6.45, 7) is 2.09. The predicted octanol–water partition coefficient (Wildman–Crippen LogP) is 3.20. The third-order valence-electron chi connectivity index (χ3n) is 2.78. The molecular formula is C14H18IN3. The lowest BCUT2D eigenvalue weighted by Crippen LogP contribution is -2.16. The molecule has 0 spiro atoms. The highest BCUT2D eigenvalue weighted by Gasteiger charge is 2.03. The highest BCUT2D eigenvalue weighted by atomic mass is 127. The van der Waals surface area contributed by atoms with Crippen molar-refractivity contribution in [3.63, 3.8) is 0 Å². The van der Waals surface area contributed by atoms with Crippen molar-refractivity contribution in [3.8, 4) is 0 Å². The number of benzene rings is 1. The quantitative estimate of drug-likeness (QED) is 0.507. The Morgan fingerprint density at radius 2 is 2.06 bits per heavy atom. The van der Waals surface area contributed by atoms with Crippen LogP contribution in [0.1, 0.15) is 6.42 Å². The van der Waals surface area contributed by atoms with E-state index in [2.05, 4.69) is 76.2 Å². The van der Waals surface area contributed by atoms with Crippen molar-refractivity contribution in [1.29, 1.82) is 0 Å². The number of halogens is 1. The fraction of sp³-hybridized carbons (Fsp3) is 0.357. The first kappa shape index (κ1) is 13.5. The highest BCUT2D eigenvalue weighted by Crippen LogP contribution is 2.23. The number of hydrogen-bond acceptors (Lipinski definition) is 3. The fourth-order valence-electron chi connectivity index (χ4n) is 1.91. The van der Waals surface area contributed by atoms with E-state index in [0.29, 0.717) is 0 Å². The molecule has 1 N–H and O–H groups in total. The van der Waals surface area contributed by atoms with Gasteiger partial charge in [-0.3, -0.25) is 0 Å². The van der Waals surface area contributed by atoms with E-state index >= 15 is 0 Å². The van der Waals surface area contributed by atoms with Crippen LogP contribution in [0.15, 0.2) is 30.3 Å². The zero-order valence-electron chi connectivity index (χ0n) is 10.8. The van der Waals surface area contributed by atoms with Crippen molar-refractivity contribution >= 4 is 39.2 Å². The Morgan fingerprint density at radius 1 is 1.28 bits per heavy atom. The average molecular weight is 355 g/mol. The number of nitrogens with one attached hydrogen (secondary N) is 1. The van der Waals surface area contributed by atoms with Gasteiger partial charge < -0.3 is 10.2 Å². The Balaban J connectivity index is 2.12. The van der Waals surface area contributed by atoms with Crippen molar-refractivity contribution in [2.24, 2.45) is 0 Å². The van der Waals surface area contributed by atoms with Crippen molar-refractivity contribution in [3.05, 3.63) is 34.0 Å². The molecule has 0 aliphatic carbocycles. The maximum Gasteiger partial charge on any atom is 0.104 e. The average Bonchev–Trinajstić information content (AvgIpc) is 2.34. The first-order valence-corrected chi connectivity index (χ1v) is 7.18. The van der Waals surface area contributed by atoms with Gasteiger partial charge >= 0.3 is 0 Å². The van der Waals surface area contributed by atoms with Crippen LogP contribution in [0.3, 0.4) is 0 Å². The molecule has 0 bridgehead atoms. The van der Waals surface area contributed by atoms with Gasteiger partial charge in [0, 0.05) is 17.6 Å². The minimum absolute atomic E-state index is 0.988. The van der Waals surface area contributed by atoms with Gasteiger partial charge in [0.15, 0.2) is 0 Å². The molecule has 4 heteroatoms. The van der Waals surface area contributed by atoms with Gasteiger partial charge in [0.2, 0.25) is 0 Å².